The van der Waals surface area contributed by atoms with Gasteiger partial charge in [-0.05, 0) is 52.6 Å². The number of hydrogen-bond acceptors (Lipinski definition) is 3. The largest absolute Gasteiger partial charge is 0.389 e. The molecule has 0 radical (unpaired) electrons. The number of likely N-dealkylation sites (tertiary alicyclic amines) is 1. The maximum Gasteiger partial charge on any atom is 0.0766 e. The van der Waals surface area contributed by atoms with Crippen molar-refractivity contribution in [3.63, 3.8) is 0 Å². The van der Waals surface area contributed by atoms with Gasteiger partial charge in [0.15, 0.2) is 0 Å². The molecule has 3 heteroatoms. The van der Waals surface area contributed by atoms with Crippen molar-refractivity contribution in [2.75, 3.05) is 19.6 Å². The van der Waals surface area contributed by atoms with Crippen LogP contribution in [0.2, 0.25) is 0 Å². The molecule has 0 aliphatic carbocycles. The normalized spacial score (nSPS) is 20.1. The number of piperidine rings is 1. The van der Waals surface area contributed by atoms with Gasteiger partial charge in [-0.1, -0.05) is 13.8 Å². The molecule has 0 aromatic carbocycles. The maximum absolute atomic E-state index is 10.2. The number of hydrogen-bond donors (Lipinski definition) is 2. The second-order valence-electron chi connectivity index (χ2n) is 5.72. The Morgan fingerprint density at radius 3 is 2.18 bits per heavy atom. The Bertz CT molecular complexity index is 206. The maximum atomic E-state index is 10.2. The van der Waals surface area contributed by atoms with Crippen molar-refractivity contribution in [2.45, 2.75) is 71.1 Å². The lowest BCUT2D eigenvalue weighted by Crippen LogP contribution is -2.49. The predicted molar refractivity (Wildman–Crippen MR) is 73.3 cm³/mol. The van der Waals surface area contributed by atoms with Crippen molar-refractivity contribution in [1.82, 2.24) is 10.2 Å². The van der Waals surface area contributed by atoms with E-state index >= 15 is 0 Å². The zero-order valence-electron chi connectivity index (χ0n) is 12.0. The Labute approximate surface area is 107 Å². The molecule has 1 heterocycles. The second-order valence-corrected chi connectivity index (χ2v) is 5.72. The molecule has 1 fully saturated rings. The van der Waals surface area contributed by atoms with E-state index in [-0.39, 0.29) is 0 Å². The van der Waals surface area contributed by atoms with Gasteiger partial charge in [-0.15, -0.1) is 0 Å². The van der Waals surface area contributed by atoms with Crippen molar-refractivity contribution in [3.05, 3.63) is 0 Å². The fourth-order valence-corrected chi connectivity index (χ4v) is 2.45. The van der Waals surface area contributed by atoms with Crippen LogP contribution in [0.25, 0.3) is 0 Å². The zero-order valence-corrected chi connectivity index (χ0v) is 12.0. The highest BCUT2D eigenvalue weighted by molar-refractivity contribution is 4.83. The molecule has 1 saturated heterocycles. The highest BCUT2D eigenvalue weighted by Gasteiger charge is 2.25. The van der Waals surface area contributed by atoms with E-state index in [4.69, 9.17) is 0 Å². The first-order valence-corrected chi connectivity index (χ1v) is 7.20. The lowest BCUT2D eigenvalue weighted by atomic mass is 9.96. The summed E-state index contributed by atoms with van der Waals surface area (Å²) >= 11 is 0. The molecule has 1 rings (SSSR count). The molecule has 3 nitrogen and oxygen atoms in total. The number of rotatable bonds is 6. The van der Waals surface area contributed by atoms with Crippen LogP contribution in [0.3, 0.4) is 0 Å². The third-order valence-corrected chi connectivity index (χ3v) is 4.30. The van der Waals surface area contributed by atoms with Crippen LogP contribution in [0, 0.1) is 0 Å². The van der Waals surface area contributed by atoms with Gasteiger partial charge in [0.25, 0.3) is 0 Å². The molecule has 0 aromatic rings. The van der Waals surface area contributed by atoms with Gasteiger partial charge in [0.1, 0.15) is 0 Å². The Kier molecular flexibility index (Phi) is 5.90. The van der Waals surface area contributed by atoms with Crippen LogP contribution < -0.4 is 5.32 Å². The summed E-state index contributed by atoms with van der Waals surface area (Å²) in [7, 11) is 0. The Hall–Kier alpha value is -0.120. The molecule has 2 N–H and O–H groups in total. The minimum absolute atomic E-state index is 0.505. The topological polar surface area (TPSA) is 35.5 Å². The number of nitrogens with zero attached hydrogens (tertiary/aromatic N) is 1. The van der Waals surface area contributed by atoms with Gasteiger partial charge in [-0.25, -0.2) is 0 Å². The fourth-order valence-electron chi connectivity index (χ4n) is 2.45. The second kappa shape index (κ2) is 6.72. The summed E-state index contributed by atoms with van der Waals surface area (Å²) in [6, 6.07) is 1.26. The summed E-state index contributed by atoms with van der Waals surface area (Å²) in [6.07, 6.45) is 4.09. The van der Waals surface area contributed by atoms with Crippen molar-refractivity contribution in [1.29, 1.82) is 0 Å². The first-order valence-electron chi connectivity index (χ1n) is 7.20. The van der Waals surface area contributed by atoms with Crippen LogP contribution in [0.5, 0.6) is 0 Å². The van der Waals surface area contributed by atoms with Crippen molar-refractivity contribution >= 4 is 0 Å². The van der Waals surface area contributed by atoms with Gasteiger partial charge >= 0.3 is 0 Å². The van der Waals surface area contributed by atoms with E-state index in [9.17, 15) is 5.11 Å². The van der Waals surface area contributed by atoms with E-state index < -0.39 is 5.60 Å². The highest BCUT2D eigenvalue weighted by Crippen LogP contribution is 2.16. The molecule has 1 aliphatic rings. The lowest BCUT2D eigenvalue weighted by Gasteiger charge is -2.36. The molecule has 1 aliphatic heterocycles. The summed E-state index contributed by atoms with van der Waals surface area (Å²) in [4.78, 5) is 2.53. The smallest absolute Gasteiger partial charge is 0.0766 e. The molecule has 17 heavy (non-hydrogen) atoms. The number of nitrogens with one attached hydrogen (secondary N) is 1. The Balaban J connectivity index is 2.27. The average Bonchev–Trinajstić information content (AvgIpc) is 2.36. The summed E-state index contributed by atoms with van der Waals surface area (Å²) in [6.45, 7) is 11.8. The van der Waals surface area contributed by atoms with E-state index in [1.807, 2.05) is 0 Å². The van der Waals surface area contributed by atoms with Gasteiger partial charge in [-0.2, -0.15) is 0 Å². The third-order valence-electron chi connectivity index (χ3n) is 4.30. The summed E-state index contributed by atoms with van der Waals surface area (Å²) in [5.74, 6) is 0. The van der Waals surface area contributed by atoms with Crippen LogP contribution in [0.1, 0.15) is 53.4 Å². The molecular weight excluding hydrogens is 212 g/mol. The van der Waals surface area contributed by atoms with Crippen LogP contribution >= 0.6 is 0 Å². The Morgan fingerprint density at radius 1 is 1.24 bits per heavy atom. The quantitative estimate of drug-likeness (QED) is 0.748. The van der Waals surface area contributed by atoms with Crippen LogP contribution in [-0.4, -0.2) is 47.3 Å². The predicted octanol–water partition coefficient (Wildman–Crippen LogP) is 2.00. The molecule has 0 spiro atoms. The monoisotopic (exact) mass is 242 g/mol. The average molecular weight is 242 g/mol. The Morgan fingerprint density at radius 2 is 1.76 bits per heavy atom. The minimum atomic E-state index is -0.505. The third kappa shape index (κ3) is 4.57. The first kappa shape index (κ1) is 14.9. The van der Waals surface area contributed by atoms with Crippen LogP contribution in [0.15, 0.2) is 0 Å². The molecular formula is C14H30N2O. The molecule has 0 atom stereocenters. The van der Waals surface area contributed by atoms with E-state index in [1.165, 1.54) is 25.9 Å². The molecule has 102 valence electrons. The highest BCUT2D eigenvalue weighted by atomic mass is 16.3. The standard InChI is InChI=1S/C14H30N2O/c1-5-14(17,6-2)11-15-13-7-9-16(10-8-13)12(3)4/h12-13,15,17H,5-11H2,1-4H3. The fraction of sp³-hybridized carbons (Fsp3) is 1.00. The van der Waals surface area contributed by atoms with Gasteiger partial charge in [0.2, 0.25) is 0 Å². The molecule has 0 aromatic heterocycles. The van der Waals surface area contributed by atoms with Crippen LogP contribution in [0.4, 0.5) is 0 Å². The van der Waals surface area contributed by atoms with E-state index in [0.717, 1.165) is 19.4 Å². The molecule has 0 saturated carbocycles. The van der Waals surface area contributed by atoms with E-state index in [2.05, 4.69) is 37.9 Å². The molecule has 0 amide bonds. The van der Waals surface area contributed by atoms with Gasteiger partial charge < -0.3 is 15.3 Å². The van der Waals surface area contributed by atoms with E-state index in [1.54, 1.807) is 0 Å². The molecule has 0 bridgehead atoms. The van der Waals surface area contributed by atoms with Gasteiger partial charge in [0, 0.05) is 18.6 Å². The number of aliphatic hydroxyl groups is 1. The lowest BCUT2D eigenvalue weighted by molar-refractivity contribution is 0.0266. The van der Waals surface area contributed by atoms with Crippen LogP contribution in [-0.2, 0) is 0 Å². The van der Waals surface area contributed by atoms with Crippen molar-refractivity contribution in [2.24, 2.45) is 0 Å². The summed E-state index contributed by atoms with van der Waals surface area (Å²) < 4.78 is 0. The minimum Gasteiger partial charge on any atom is -0.389 e. The summed E-state index contributed by atoms with van der Waals surface area (Å²) in [5, 5.41) is 13.8. The molecule has 0 unspecified atom stereocenters. The zero-order chi connectivity index (χ0) is 12.9. The van der Waals surface area contributed by atoms with Crippen molar-refractivity contribution < 1.29 is 5.11 Å². The first-order chi connectivity index (χ1) is 8.00. The van der Waals surface area contributed by atoms with Gasteiger partial charge in [0.05, 0.1) is 5.60 Å². The SMILES string of the molecule is CCC(O)(CC)CNC1CCN(C(C)C)CC1. The van der Waals surface area contributed by atoms with E-state index in [0.29, 0.717) is 12.1 Å². The van der Waals surface area contributed by atoms with Gasteiger partial charge in [-0.3, -0.25) is 0 Å². The summed E-state index contributed by atoms with van der Waals surface area (Å²) in [5.41, 5.74) is -0.505. The van der Waals surface area contributed by atoms with Crippen molar-refractivity contribution in [3.8, 4) is 0 Å².